The minimum Gasteiger partial charge on any atom is -0.366 e. The van der Waals surface area contributed by atoms with Crippen LogP contribution in [0.2, 0.25) is 0 Å². The van der Waals surface area contributed by atoms with E-state index in [9.17, 15) is 0 Å². The second-order valence-corrected chi connectivity index (χ2v) is 5.35. The number of aromatic amines is 1. The van der Waals surface area contributed by atoms with Gasteiger partial charge in [0.2, 0.25) is 0 Å². The maximum atomic E-state index is 4.34. The van der Waals surface area contributed by atoms with Crippen LogP contribution in [-0.4, -0.2) is 44.5 Å². The van der Waals surface area contributed by atoms with Crippen molar-refractivity contribution in [2.45, 2.75) is 19.9 Å². The third kappa shape index (κ3) is 3.32. The summed E-state index contributed by atoms with van der Waals surface area (Å²) in [4.78, 5) is 18.2. The molecule has 0 radical (unpaired) electrons. The van der Waals surface area contributed by atoms with Crippen LogP contribution in [0.25, 0.3) is 11.2 Å². The van der Waals surface area contributed by atoms with Gasteiger partial charge in [-0.05, 0) is 18.7 Å². The van der Waals surface area contributed by atoms with Crippen molar-refractivity contribution in [1.29, 1.82) is 0 Å². The molecule has 1 aromatic carbocycles. The molecule has 3 aromatic rings. The number of imidazole rings is 1. The van der Waals surface area contributed by atoms with E-state index < -0.39 is 0 Å². The Morgan fingerprint density at radius 2 is 1.87 bits per heavy atom. The quantitative estimate of drug-likeness (QED) is 0.702. The molecule has 1 unspecified atom stereocenters. The van der Waals surface area contributed by atoms with Crippen molar-refractivity contribution in [3.8, 4) is 0 Å². The summed E-state index contributed by atoms with van der Waals surface area (Å²) in [7, 11) is 0. The Kier molecular flexibility index (Phi) is 4.83. The Morgan fingerprint density at radius 1 is 1.09 bits per heavy atom. The van der Waals surface area contributed by atoms with Gasteiger partial charge in [0.1, 0.15) is 11.8 Å². The molecule has 0 saturated carbocycles. The maximum absolute atomic E-state index is 4.34. The summed E-state index contributed by atoms with van der Waals surface area (Å²) >= 11 is 0. The van der Waals surface area contributed by atoms with E-state index >= 15 is 0 Å². The normalized spacial score (nSPS) is 12.7. The molecule has 3 rings (SSSR count). The van der Waals surface area contributed by atoms with E-state index in [1.165, 1.54) is 5.56 Å². The molecule has 0 aliphatic carbocycles. The average Bonchev–Trinajstić information content (AvgIpc) is 3.09. The number of H-pyrrole nitrogens is 1. The number of aromatic nitrogens is 4. The highest BCUT2D eigenvalue weighted by atomic mass is 15.2. The van der Waals surface area contributed by atoms with E-state index in [1.807, 2.05) is 0 Å². The van der Waals surface area contributed by atoms with Crippen LogP contribution in [-0.2, 0) is 0 Å². The number of nitrogens with zero attached hydrogens (tertiary/aromatic N) is 4. The summed E-state index contributed by atoms with van der Waals surface area (Å²) in [5.41, 5.74) is 2.83. The molecule has 0 spiro atoms. The molecule has 0 bridgehead atoms. The Morgan fingerprint density at radius 3 is 2.61 bits per heavy atom. The van der Waals surface area contributed by atoms with Gasteiger partial charge in [-0.2, -0.15) is 0 Å². The number of anilines is 1. The second-order valence-electron chi connectivity index (χ2n) is 5.35. The van der Waals surface area contributed by atoms with Crippen LogP contribution in [0.5, 0.6) is 0 Å². The van der Waals surface area contributed by atoms with Crippen LogP contribution in [0.1, 0.15) is 25.5 Å². The first-order valence-electron chi connectivity index (χ1n) is 8.00. The fraction of sp³-hybridized carbons (Fsp3) is 0.353. The van der Waals surface area contributed by atoms with Gasteiger partial charge in [-0.1, -0.05) is 44.2 Å². The first kappa shape index (κ1) is 15.4. The summed E-state index contributed by atoms with van der Waals surface area (Å²) in [6.07, 6.45) is 3.18. The lowest BCUT2D eigenvalue weighted by Crippen LogP contribution is -2.33. The van der Waals surface area contributed by atoms with Crippen LogP contribution < -0.4 is 5.32 Å². The number of hydrogen-bond donors (Lipinski definition) is 2. The topological polar surface area (TPSA) is 69.7 Å². The van der Waals surface area contributed by atoms with E-state index in [0.717, 1.165) is 31.0 Å². The molecule has 120 valence electrons. The third-order valence-electron chi connectivity index (χ3n) is 4.12. The van der Waals surface area contributed by atoms with Crippen molar-refractivity contribution in [1.82, 2.24) is 24.8 Å². The minimum atomic E-state index is 0.291. The Hall–Kier alpha value is -2.47. The molecule has 0 aliphatic heterocycles. The monoisotopic (exact) mass is 310 g/mol. The van der Waals surface area contributed by atoms with Gasteiger partial charge in [0.05, 0.1) is 12.4 Å². The molecule has 2 heterocycles. The molecule has 2 N–H and O–H groups in total. The minimum absolute atomic E-state index is 0.291. The molecule has 1 atom stereocenters. The zero-order valence-electron chi connectivity index (χ0n) is 13.5. The molecular weight excluding hydrogens is 288 g/mol. The zero-order chi connectivity index (χ0) is 16.1. The van der Waals surface area contributed by atoms with E-state index in [1.54, 1.807) is 12.7 Å². The largest absolute Gasteiger partial charge is 0.366 e. The van der Waals surface area contributed by atoms with Crippen molar-refractivity contribution in [3.63, 3.8) is 0 Å². The van der Waals surface area contributed by atoms with Gasteiger partial charge >= 0.3 is 0 Å². The number of nitrogens with one attached hydrogen (secondary N) is 2. The molecule has 2 aromatic heterocycles. The maximum Gasteiger partial charge on any atom is 0.182 e. The van der Waals surface area contributed by atoms with E-state index in [4.69, 9.17) is 0 Å². The van der Waals surface area contributed by atoms with Gasteiger partial charge in [0.15, 0.2) is 11.5 Å². The predicted octanol–water partition coefficient (Wildman–Crippen LogP) is 2.85. The van der Waals surface area contributed by atoms with Crippen LogP contribution in [0.15, 0.2) is 43.0 Å². The van der Waals surface area contributed by atoms with Crippen molar-refractivity contribution in [2.24, 2.45) is 0 Å². The summed E-state index contributed by atoms with van der Waals surface area (Å²) in [5, 5.41) is 3.46. The van der Waals surface area contributed by atoms with Crippen molar-refractivity contribution < 1.29 is 0 Å². The summed E-state index contributed by atoms with van der Waals surface area (Å²) < 4.78 is 0. The average molecular weight is 310 g/mol. The lowest BCUT2D eigenvalue weighted by Gasteiger charge is -2.30. The van der Waals surface area contributed by atoms with Crippen molar-refractivity contribution >= 4 is 17.0 Å². The van der Waals surface area contributed by atoms with Gasteiger partial charge < -0.3 is 10.3 Å². The van der Waals surface area contributed by atoms with E-state index in [2.05, 4.69) is 74.3 Å². The molecule has 0 amide bonds. The Balaban J connectivity index is 1.83. The van der Waals surface area contributed by atoms with Crippen LogP contribution >= 0.6 is 0 Å². The van der Waals surface area contributed by atoms with Crippen LogP contribution in [0.4, 0.5) is 5.82 Å². The molecule has 0 fully saturated rings. The smallest absolute Gasteiger partial charge is 0.182 e. The first-order valence-corrected chi connectivity index (χ1v) is 8.00. The highest BCUT2D eigenvalue weighted by molar-refractivity contribution is 5.81. The Labute approximate surface area is 136 Å². The SMILES string of the molecule is CCN(CC)C(CNc1ncnc2nc[nH]c12)c1ccccc1. The van der Waals surface area contributed by atoms with E-state index in [-0.39, 0.29) is 0 Å². The fourth-order valence-electron chi connectivity index (χ4n) is 2.89. The lowest BCUT2D eigenvalue weighted by atomic mass is 10.1. The van der Waals surface area contributed by atoms with Crippen LogP contribution in [0, 0.1) is 0 Å². The molecule has 6 heteroatoms. The van der Waals surface area contributed by atoms with Gasteiger partial charge in [0, 0.05) is 6.54 Å². The number of rotatable bonds is 7. The lowest BCUT2D eigenvalue weighted by molar-refractivity contribution is 0.228. The fourth-order valence-corrected chi connectivity index (χ4v) is 2.89. The van der Waals surface area contributed by atoms with Gasteiger partial charge in [-0.3, -0.25) is 4.90 Å². The first-order chi connectivity index (χ1) is 11.3. The molecule has 6 nitrogen and oxygen atoms in total. The van der Waals surface area contributed by atoms with Crippen molar-refractivity contribution in [2.75, 3.05) is 25.0 Å². The van der Waals surface area contributed by atoms with Crippen molar-refractivity contribution in [3.05, 3.63) is 48.5 Å². The summed E-state index contributed by atoms with van der Waals surface area (Å²) in [6, 6.07) is 10.9. The molecule has 0 aliphatic rings. The molecular formula is C17H22N6. The Bertz CT molecular complexity index is 735. The van der Waals surface area contributed by atoms with E-state index in [0.29, 0.717) is 11.7 Å². The number of fused-ring (bicyclic) bond motifs is 1. The number of hydrogen-bond acceptors (Lipinski definition) is 5. The number of likely N-dealkylation sites (N-methyl/N-ethyl adjacent to an activating group) is 1. The molecule has 0 saturated heterocycles. The summed E-state index contributed by atoms with van der Waals surface area (Å²) in [6.45, 7) is 7.16. The number of benzene rings is 1. The highest BCUT2D eigenvalue weighted by Crippen LogP contribution is 2.22. The van der Waals surface area contributed by atoms with Gasteiger partial charge in [-0.15, -0.1) is 0 Å². The standard InChI is InChI=1S/C17H22N6/c1-3-23(4-2)14(13-8-6-5-7-9-13)10-18-16-15-17(20-11-19-15)22-12-21-16/h5-9,11-12,14H,3-4,10H2,1-2H3,(H2,18,19,20,21,22). The van der Waals surface area contributed by atoms with Gasteiger partial charge in [-0.25, -0.2) is 15.0 Å². The summed E-state index contributed by atoms with van der Waals surface area (Å²) in [5.74, 6) is 0.792. The van der Waals surface area contributed by atoms with Crippen LogP contribution in [0.3, 0.4) is 0 Å². The highest BCUT2D eigenvalue weighted by Gasteiger charge is 2.18. The second kappa shape index (κ2) is 7.19. The third-order valence-corrected chi connectivity index (χ3v) is 4.12. The predicted molar refractivity (Wildman–Crippen MR) is 92.3 cm³/mol. The van der Waals surface area contributed by atoms with Gasteiger partial charge in [0.25, 0.3) is 0 Å². The molecule has 23 heavy (non-hydrogen) atoms. The zero-order valence-corrected chi connectivity index (χ0v) is 13.5.